The first kappa shape index (κ1) is 7.57. The number of fused-ring (bicyclic) bond motifs is 2. The first-order chi connectivity index (χ1) is 6.30. The predicted octanol–water partition coefficient (Wildman–Crippen LogP) is 2.81. The number of ether oxygens (including phenoxy) is 1. The van der Waals surface area contributed by atoms with Crippen LogP contribution in [0, 0.1) is 0 Å². The minimum Gasteiger partial charge on any atom is -0.373 e. The van der Waals surface area contributed by atoms with E-state index in [0.717, 1.165) is 6.61 Å². The van der Waals surface area contributed by atoms with Gasteiger partial charge in [0.15, 0.2) is 0 Å². The minimum atomic E-state index is 0.297. The summed E-state index contributed by atoms with van der Waals surface area (Å²) < 4.78 is 5.81. The van der Waals surface area contributed by atoms with Crippen LogP contribution in [0.5, 0.6) is 0 Å². The van der Waals surface area contributed by atoms with Gasteiger partial charge in [-0.05, 0) is 24.0 Å². The summed E-state index contributed by atoms with van der Waals surface area (Å²) in [5.74, 6) is 0. The van der Waals surface area contributed by atoms with Gasteiger partial charge in [0, 0.05) is 5.41 Å². The van der Waals surface area contributed by atoms with Crippen molar-refractivity contribution in [1.29, 1.82) is 0 Å². The summed E-state index contributed by atoms with van der Waals surface area (Å²) in [5, 5.41) is 0. The second kappa shape index (κ2) is 2.36. The molecule has 0 spiro atoms. The van der Waals surface area contributed by atoms with Crippen LogP contribution in [-0.2, 0) is 10.2 Å². The molecule has 2 heterocycles. The smallest absolute Gasteiger partial charge is 0.0828 e. The van der Waals surface area contributed by atoms with E-state index in [9.17, 15) is 0 Å². The molecular weight excluding hydrogens is 160 g/mol. The van der Waals surface area contributed by atoms with Gasteiger partial charge in [-0.2, -0.15) is 0 Å². The van der Waals surface area contributed by atoms with E-state index in [1.807, 2.05) is 0 Å². The fourth-order valence-corrected chi connectivity index (χ4v) is 2.67. The van der Waals surface area contributed by atoms with E-state index in [1.54, 1.807) is 0 Å². The maximum absolute atomic E-state index is 5.81. The Kier molecular flexibility index (Phi) is 1.37. The molecule has 68 valence electrons. The Balaban J connectivity index is 2.24. The molecule has 1 aromatic carbocycles. The van der Waals surface area contributed by atoms with Crippen molar-refractivity contribution in [2.75, 3.05) is 6.61 Å². The Morgan fingerprint density at radius 1 is 1.38 bits per heavy atom. The van der Waals surface area contributed by atoms with E-state index in [-0.39, 0.29) is 0 Å². The molecule has 13 heavy (non-hydrogen) atoms. The SMILES string of the molecule is C[C@@]12CC[C@@H](OC1)c1ccccc12. The van der Waals surface area contributed by atoms with E-state index in [4.69, 9.17) is 4.74 Å². The average molecular weight is 174 g/mol. The van der Waals surface area contributed by atoms with Crippen LogP contribution in [0.15, 0.2) is 24.3 Å². The first-order valence-electron chi connectivity index (χ1n) is 5.01. The van der Waals surface area contributed by atoms with Crippen molar-refractivity contribution < 1.29 is 4.74 Å². The topological polar surface area (TPSA) is 9.23 Å². The van der Waals surface area contributed by atoms with Crippen molar-refractivity contribution in [3.8, 4) is 0 Å². The second-order valence-electron chi connectivity index (χ2n) is 4.49. The molecule has 1 aromatic rings. The number of benzene rings is 1. The summed E-state index contributed by atoms with van der Waals surface area (Å²) in [5.41, 5.74) is 3.26. The predicted molar refractivity (Wildman–Crippen MR) is 51.7 cm³/mol. The van der Waals surface area contributed by atoms with Gasteiger partial charge in [-0.25, -0.2) is 0 Å². The van der Waals surface area contributed by atoms with Crippen LogP contribution in [0.3, 0.4) is 0 Å². The second-order valence-corrected chi connectivity index (χ2v) is 4.49. The highest BCUT2D eigenvalue weighted by Crippen LogP contribution is 2.48. The Morgan fingerprint density at radius 3 is 2.92 bits per heavy atom. The molecule has 0 aromatic heterocycles. The zero-order chi connectivity index (χ0) is 8.89. The van der Waals surface area contributed by atoms with Crippen molar-refractivity contribution in [3.05, 3.63) is 35.4 Å². The van der Waals surface area contributed by atoms with E-state index >= 15 is 0 Å². The van der Waals surface area contributed by atoms with Crippen molar-refractivity contribution in [3.63, 3.8) is 0 Å². The van der Waals surface area contributed by atoms with Crippen LogP contribution in [0.2, 0.25) is 0 Å². The van der Waals surface area contributed by atoms with Crippen LogP contribution < -0.4 is 0 Å². The zero-order valence-electron chi connectivity index (χ0n) is 7.92. The molecule has 2 atom stereocenters. The van der Waals surface area contributed by atoms with Gasteiger partial charge in [-0.3, -0.25) is 0 Å². The third-order valence-electron chi connectivity index (χ3n) is 3.52. The fraction of sp³-hybridized carbons (Fsp3) is 0.500. The molecule has 0 radical (unpaired) electrons. The van der Waals surface area contributed by atoms with Crippen LogP contribution in [0.4, 0.5) is 0 Å². The minimum absolute atomic E-state index is 0.297. The maximum Gasteiger partial charge on any atom is 0.0828 e. The number of hydrogen-bond acceptors (Lipinski definition) is 1. The lowest BCUT2D eigenvalue weighted by atomic mass is 9.69. The number of hydrogen-bond donors (Lipinski definition) is 0. The third kappa shape index (κ3) is 0.910. The Bertz CT molecular complexity index is 335. The molecule has 1 aliphatic carbocycles. The van der Waals surface area contributed by atoms with E-state index in [1.165, 1.54) is 24.0 Å². The molecule has 4 rings (SSSR count). The molecule has 1 heteroatoms. The summed E-state index contributed by atoms with van der Waals surface area (Å²) in [6, 6.07) is 8.75. The highest BCUT2D eigenvalue weighted by Gasteiger charge is 2.41. The van der Waals surface area contributed by atoms with Crippen LogP contribution in [0.1, 0.15) is 37.0 Å². The van der Waals surface area contributed by atoms with Crippen LogP contribution >= 0.6 is 0 Å². The summed E-state index contributed by atoms with van der Waals surface area (Å²) in [6.07, 6.45) is 2.88. The fourth-order valence-electron chi connectivity index (χ4n) is 2.67. The third-order valence-corrected chi connectivity index (χ3v) is 3.52. The molecule has 1 nitrogen and oxygen atoms in total. The van der Waals surface area contributed by atoms with Gasteiger partial charge in [0.05, 0.1) is 12.7 Å². The molecule has 0 N–H and O–H groups in total. The molecule has 1 fully saturated rings. The zero-order valence-corrected chi connectivity index (χ0v) is 7.92. The van der Waals surface area contributed by atoms with Gasteiger partial charge in [0.2, 0.25) is 0 Å². The van der Waals surface area contributed by atoms with Crippen LogP contribution in [0.25, 0.3) is 0 Å². The standard InChI is InChI=1S/C12H14O/c1-12-7-6-11(13-8-12)9-4-2-3-5-10(9)12/h2-5,11H,6-8H2,1H3/t11-,12-/m1/s1. The molecule has 3 aliphatic rings. The van der Waals surface area contributed by atoms with Gasteiger partial charge in [0.25, 0.3) is 0 Å². The highest BCUT2D eigenvalue weighted by atomic mass is 16.5. The normalized spacial score (nSPS) is 35.9. The monoisotopic (exact) mass is 174 g/mol. The van der Waals surface area contributed by atoms with Crippen molar-refractivity contribution in [1.82, 2.24) is 0 Å². The Labute approximate surface area is 78.7 Å². The van der Waals surface area contributed by atoms with E-state index in [0.29, 0.717) is 11.5 Å². The lowest BCUT2D eigenvalue weighted by Crippen LogP contribution is -2.40. The summed E-state index contributed by atoms with van der Waals surface area (Å²) in [6.45, 7) is 3.23. The van der Waals surface area contributed by atoms with E-state index < -0.39 is 0 Å². The quantitative estimate of drug-likeness (QED) is 0.587. The summed E-state index contributed by atoms with van der Waals surface area (Å²) >= 11 is 0. The molecule has 2 bridgehead atoms. The van der Waals surface area contributed by atoms with Gasteiger partial charge >= 0.3 is 0 Å². The summed E-state index contributed by atoms with van der Waals surface area (Å²) in [4.78, 5) is 0. The van der Waals surface area contributed by atoms with Gasteiger partial charge < -0.3 is 4.74 Å². The molecular formula is C12H14O. The van der Waals surface area contributed by atoms with Crippen molar-refractivity contribution >= 4 is 0 Å². The molecule has 0 unspecified atom stereocenters. The van der Waals surface area contributed by atoms with E-state index in [2.05, 4.69) is 31.2 Å². The Morgan fingerprint density at radius 2 is 2.23 bits per heavy atom. The van der Waals surface area contributed by atoms with Crippen molar-refractivity contribution in [2.45, 2.75) is 31.3 Å². The first-order valence-corrected chi connectivity index (χ1v) is 5.01. The average Bonchev–Trinajstić information content (AvgIpc) is 2.19. The maximum atomic E-state index is 5.81. The van der Waals surface area contributed by atoms with Crippen LogP contribution in [-0.4, -0.2) is 6.61 Å². The largest absolute Gasteiger partial charge is 0.373 e. The molecule has 0 amide bonds. The van der Waals surface area contributed by atoms with Crippen molar-refractivity contribution in [2.24, 2.45) is 0 Å². The highest BCUT2D eigenvalue weighted by molar-refractivity contribution is 5.39. The lowest BCUT2D eigenvalue weighted by Gasteiger charge is -2.45. The van der Waals surface area contributed by atoms with Gasteiger partial charge in [0.1, 0.15) is 0 Å². The molecule has 1 saturated heterocycles. The number of rotatable bonds is 0. The lowest BCUT2D eigenvalue weighted by molar-refractivity contribution is -0.0463. The van der Waals surface area contributed by atoms with Gasteiger partial charge in [-0.1, -0.05) is 31.2 Å². The molecule has 0 saturated carbocycles. The van der Waals surface area contributed by atoms with Gasteiger partial charge in [-0.15, -0.1) is 0 Å². The summed E-state index contributed by atoms with van der Waals surface area (Å²) in [7, 11) is 0. The molecule has 2 aliphatic heterocycles. The Hall–Kier alpha value is -0.820.